The van der Waals surface area contributed by atoms with Gasteiger partial charge in [0.15, 0.2) is 0 Å². The van der Waals surface area contributed by atoms with Crippen LogP contribution >= 0.6 is 0 Å². The minimum atomic E-state index is -0.306. The van der Waals surface area contributed by atoms with Gasteiger partial charge in [0.25, 0.3) is 0 Å². The van der Waals surface area contributed by atoms with Gasteiger partial charge < -0.3 is 9.84 Å². The van der Waals surface area contributed by atoms with E-state index in [0.29, 0.717) is 6.61 Å². The van der Waals surface area contributed by atoms with Crippen molar-refractivity contribution < 1.29 is 14.6 Å². The molecule has 1 fully saturated rings. The van der Waals surface area contributed by atoms with Crippen molar-refractivity contribution >= 4 is 5.97 Å². The lowest BCUT2D eigenvalue weighted by atomic mass is 9.91. The molecule has 1 aliphatic rings. The fourth-order valence-electron chi connectivity index (χ4n) is 2.00. The van der Waals surface area contributed by atoms with E-state index in [4.69, 9.17) is 4.74 Å². The van der Waals surface area contributed by atoms with Crippen LogP contribution < -0.4 is 0 Å². The molecule has 0 aromatic heterocycles. The SMILES string of the molecule is CCOC(=O)C(C)[C@@H]1CCC[C@H]1O. The number of carbonyl (C=O) groups excluding carboxylic acids is 1. The highest BCUT2D eigenvalue weighted by atomic mass is 16.5. The molecule has 0 aromatic carbocycles. The van der Waals surface area contributed by atoms with E-state index in [9.17, 15) is 9.90 Å². The first-order chi connectivity index (χ1) is 6.16. The fraction of sp³-hybridized carbons (Fsp3) is 0.900. The minimum absolute atomic E-state index is 0.110. The lowest BCUT2D eigenvalue weighted by molar-refractivity contribution is -0.150. The Kier molecular flexibility index (Phi) is 3.72. The van der Waals surface area contributed by atoms with Crippen molar-refractivity contribution in [2.24, 2.45) is 11.8 Å². The van der Waals surface area contributed by atoms with Crippen LogP contribution in [0.3, 0.4) is 0 Å². The van der Waals surface area contributed by atoms with Crippen molar-refractivity contribution in [1.82, 2.24) is 0 Å². The molecule has 0 bridgehead atoms. The third-order valence-corrected chi connectivity index (χ3v) is 2.83. The Morgan fingerprint density at radius 2 is 2.31 bits per heavy atom. The van der Waals surface area contributed by atoms with E-state index in [0.717, 1.165) is 19.3 Å². The Labute approximate surface area is 79.1 Å². The molecule has 1 aliphatic carbocycles. The van der Waals surface area contributed by atoms with E-state index in [1.165, 1.54) is 0 Å². The van der Waals surface area contributed by atoms with Gasteiger partial charge in [-0.15, -0.1) is 0 Å². The van der Waals surface area contributed by atoms with Crippen molar-refractivity contribution in [2.75, 3.05) is 6.61 Å². The molecule has 13 heavy (non-hydrogen) atoms. The summed E-state index contributed by atoms with van der Waals surface area (Å²) in [7, 11) is 0. The third-order valence-electron chi connectivity index (χ3n) is 2.83. The molecule has 0 spiro atoms. The van der Waals surface area contributed by atoms with Crippen molar-refractivity contribution in [1.29, 1.82) is 0 Å². The number of hydrogen-bond donors (Lipinski definition) is 1. The maximum absolute atomic E-state index is 11.3. The highest BCUT2D eigenvalue weighted by molar-refractivity contribution is 5.72. The maximum Gasteiger partial charge on any atom is 0.309 e. The molecule has 0 aliphatic heterocycles. The normalized spacial score (nSPS) is 30.1. The minimum Gasteiger partial charge on any atom is -0.466 e. The van der Waals surface area contributed by atoms with E-state index in [1.807, 2.05) is 6.92 Å². The Morgan fingerprint density at radius 3 is 2.77 bits per heavy atom. The standard InChI is InChI=1S/C10H18O3/c1-3-13-10(12)7(2)8-5-4-6-9(8)11/h7-9,11H,3-6H2,1-2H3/t7?,8-,9+/m0/s1. The zero-order valence-corrected chi connectivity index (χ0v) is 8.32. The molecule has 0 saturated heterocycles. The molecule has 1 N–H and O–H groups in total. The predicted octanol–water partition coefficient (Wildman–Crippen LogP) is 1.35. The lowest BCUT2D eigenvalue weighted by Gasteiger charge is -2.20. The lowest BCUT2D eigenvalue weighted by Crippen LogP contribution is -2.28. The van der Waals surface area contributed by atoms with Gasteiger partial charge >= 0.3 is 5.97 Å². The van der Waals surface area contributed by atoms with Gasteiger partial charge in [0.2, 0.25) is 0 Å². The van der Waals surface area contributed by atoms with Crippen LogP contribution in [0.25, 0.3) is 0 Å². The second kappa shape index (κ2) is 4.61. The number of aliphatic hydroxyl groups is 1. The van der Waals surface area contributed by atoms with Crippen molar-refractivity contribution in [3.05, 3.63) is 0 Å². The van der Waals surface area contributed by atoms with Gasteiger partial charge in [0.1, 0.15) is 0 Å². The second-order valence-corrected chi connectivity index (χ2v) is 3.70. The summed E-state index contributed by atoms with van der Waals surface area (Å²) in [5, 5.41) is 9.57. The van der Waals surface area contributed by atoms with Crippen LogP contribution in [-0.2, 0) is 9.53 Å². The molecule has 76 valence electrons. The maximum atomic E-state index is 11.3. The van der Waals surface area contributed by atoms with Crippen LogP contribution in [-0.4, -0.2) is 23.8 Å². The van der Waals surface area contributed by atoms with Crippen LogP contribution in [0.2, 0.25) is 0 Å². The first-order valence-electron chi connectivity index (χ1n) is 5.01. The Hall–Kier alpha value is -0.570. The van der Waals surface area contributed by atoms with Gasteiger partial charge in [0.05, 0.1) is 18.6 Å². The number of rotatable bonds is 3. The van der Waals surface area contributed by atoms with Gasteiger partial charge in [-0.3, -0.25) is 4.79 Å². The molecule has 0 heterocycles. The number of carbonyl (C=O) groups is 1. The van der Waals surface area contributed by atoms with Gasteiger partial charge in [0, 0.05) is 0 Å². The molecule has 1 rings (SSSR count). The van der Waals surface area contributed by atoms with Crippen LogP contribution in [0.4, 0.5) is 0 Å². The topological polar surface area (TPSA) is 46.5 Å². The van der Waals surface area contributed by atoms with Crippen LogP contribution in [0.15, 0.2) is 0 Å². The summed E-state index contributed by atoms with van der Waals surface area (Å²) in [6, 6.07) is 0. The summed E-state index contributed by atoms with van der Waals surface area (Å²) in [5.74, 6) is -0.218. The molecular formula is C10H18O3. The van der Waals surface area contributed by atoms with Crippen LogP contribution in [0.5, 0.6) is 0 Å². The smallest absolute Gasteiger partial charge is 0.309 e. The number of ether oxygens (including phenoxy) is 1. The molecule has 1 unspecified atom stereocenters. The van der Waals surface area contributed by atoms with Gasteiger partial charge in [-0.1, -0.05) is 13.3 Å². The molecular weight excluding hydrogens is 168 g/mol. The summed E-state index contributed by atoms with van der Waals surface area (Å²) in [6.45, 7) is 4.07. The second-order valence-electron chi connectivity index (χ2n) is 3.70. The predicted molar refractivity (Wildman–Crippen MR) is 49.1 cm³/mol. The highest BCUT2D eigenvalue weighted by Gasteiger charge is 2.34. The first-order valence-corrected chi connectivity index (χ1v) is 5.01. The van der Waals surface area contributed by atoms with Gasteiger partial charge in [-0.2, -0.15) is 0 Å². The molecule has 0 amide bonds. The fourth-order valence-corrected chi connectivity index (χ4v) is 2.00. The van der Waals surface area contributed by atoms with Gasteiger partial charge in [-0.05, 0) is 25.7 Å². The largest absolute Gasteiger partial charge is 0.466 e. The van der Waals surface area contributed by atoms with E-state index >= 15 is 0 Å². The summed E-state index contributed by atoms with van der Waals surface area (Å²) in [6.07, 6.45) is 2.49. The molecule has 0 aromatic rings. The van der Waals surface area contributed by atoms with E-state index in [1.54, 1.807) is 6.92 Å². The molecule has 3 atom stereocenters. The van der Waals surface area contributed by atoms with E-state index in [-0.39, 0.29) is 23.9 Å². The molecule has 1 saturated carbocycles. The van der Waals surface area contributed by atoms with E-state index < -0.39 is 0 Å². The quantitative estimate of drug-likeness (QED) is 0.677. The number of hydrogen-bond acceptors (Lipinski definition) is 3. The van der Waals surface area contributed by atoms with Crippen molar-refractivity contribution in [3.8, 4) is 0 Å². The Morgan fingerprint density at radius 1 is 1.62 bits per heavy atom. The Bertz CT molecular complexity index is 179. The monoisotopic (exact) mass is 186 g/mol. The van der Waals surface area contributed by atoms with Crippen molar-refractivity contribution in [3.63, 3.8) is 0 Å². The number of esters is 1. The van der Waals surface area contributed by atoms with Crippen molar-refractivity contribution in [2.45, 2.75) is 39.2 Å². The molecule has 0 radical (unpaired) electrons. The summed E-state index contributed by atoms with van der Waals surface area (Å²) < 4.78 is 4.91. The van der Waals surface area contributed by atoms with Crippen LogP contribution in [0, 0.1) is 11.8 Å². The number of aliphatic hydroxyl groups excluding tert-OH is 1. The van der Waals surface area contributed by atoms with Gasteiger partial charge in [-0.25, -0.2) is 0 Å². The summed E-state index contributed by atoms with van der Waals surface area (Å²) in [4.78, 5) is 11.3. The average Bonchev–Trinajstić information content (AvgIpc) is 2.50. The zero-order valence-electron chi connectivity index (χ0n) is 8.32. The Balaban J connectivity index is 2.45. The average molecular weight is 186 g/mol. The summed E-state index contributed by atoms with van der Waals surface area (Å²) >= 11 is 0. The van der Waals surface area contributed by atoms with E-state index in [2.05, 4.69) is 0 Å². The first kappa shape index (κ1) is 10.5. The highest BCUT2D eigenvalue weighted by Crippen LogP contribution is 2.32. The molecule has 3 nitrogen and oxygen atoms in total. The zero-order chi connectivity index (χ0) is 9.84. The summed E-state index contributed by atoms with van der Waals surface area (Å²) in [5.41, 5.74) is 0. The third kappa shape index (κ3) is 2.44. The van der Waals surface area contributed by atoms with Crippen LogP contribution in [0.1, 0.15) is 33.1 Å². The molecule has 3 heteroatoms.